The van der Waals surface area contributed by atoms with Crippen LogP contribution in [0.2, 0.25) is 0 Å². The van der Waals surface area contributed by atoms with E-state index in [2.05, 4.69) is 10.4 Å². The summed E-state index contributed by atoms with van der Waals surface area (Å²) in [7, 11) is 0. The molecular weight excluding hydrogens is 222 g/mol. The van der Waals surface area contributed by atoms with Gasteiger partial charge in [0.1, 0.15) is 0 Å². The molecule has 1 amide bonds. The van der Waals surface area contributed by atoms with E-state index >= 15 is 0 Å². The number of hydrogen-bond acceptors (Lipinski definition) is 3. The first-order chi connectivity index (χ1) is 7.99. The largest absolute Gasteiger partial charge is 0.481 e. The lowest BCUT2D eigenvalue weighted by molar-refractivity contribution is -0.139. The first-order valence-electron chi connectivity index (χ1n) is 5.57. The summed E-state index contributed by atoms with van der Waals surface area (Å²) in [6.07, 6.45) is 3.73. The number of aliphatic carboxylic acids is 1. The molecule has 0 spiro atoms. The van der Waals surface area contributed by atoms with Crippen LogP contribution >= 0.6 is 0 Å². The summed E-state index contributed by atoms with van der Waals surface area (Å²) < 4.78 is 1.73. The third-order valence-electron chi connectivity index (χ3n) is 2.84. The van der Waals surface area contributed by atoms with Crippen molar-refractivity contribution in [1.82, 2.24) is 9.78 Å². The number of carboxylic acids is 1. The minimum atomic E-state index is -0.900. The molecule has 6 nitrogen and oxygen atoms in total. The second-order valence-corrected chi connectivity index (χ2v) is 4.58. The molecule has 2 atom stereocenters. The van der Waals surface area contributed by atoms with Gasteiger partial charge in [0.15, 0.2) is 0 Å². The number of carbonyl (C=O) groups excluding carboxylic acids is 1. The van der Waals surface area contributed by atoms with Crippen molar-refractivity contribution in [3.05, 3.63) is 12.4 Å². The highest BCUT2D eigenvalue weighted by atomic mass is 16.4. The molecule has 92 valence electrons. The maximum absolute atomic E-state index is 11.7. The zero-order chi connectivity index (χ0) is 12.6. The Labute approximate surface area is 98.6 Å². The Morgan fingerprint density at radius 2 is 2.24 bits per heavy atom. The van der Waals surface area contributed by atoms with E-state index in [4.69, 9.17) is 5.11 Å². The molecule has 1 aliphatic rings. The van der Waals surface area contributed by atoms with Gasteiger partial charge in [-0.2, -0.15) is 5.10 Å². The number of nitrogens with zero attached hydrogens (tertiary/aromatic N) is 2. The van der Waals surface area contributed by atoms with Gasteiger partial charge in [-0.05, 0) is 20.3 Å². The van der Waals surface area contributed by atoms with Crippen LogP contribution in [0.15, 0.2) is 12.4 Å². The maximum Gasteiger partial charge on any atom is 0.307 e. The van der Waals surface area contributed by atoms with Crippen LogP contribution < -0.4 is 5.32 Å². The van der Waals surface area contributed by atoms with Gasteiger partial charge in [-0.25, -0.2) is 0 Å². The molecule has 1 aliphatic carbocycles. The van der Waals surface area contributed by atoms with E-state index in [0.717, 1.165) is 0 Å². The number of rotatable bonds is 4. The van der Waals surface area contributed by atoms with Gasteiger partial charge in [0.25, 0.3) is 0 Å². The number of aromatic nitrogens is 2. The zero-order valence-corrected chi connectivity index (χ0v) is 9.75. The molecule has 17 heavy (non-hydrogen) atoms. The first-order valence-corrected chi connectivity index (χ1v) is 5.57. The number of nitrogens with one attached hydrogen (secondary N) is 1. The Morgan fingerprint density at radius 3 is 2.71 bits per heavy atom. The second kappa shape index (κ2) is 4.20. The van der Waals surface area contributed by atoms with Gasteiger partial charge in [-0.15, -0.1) is 0 Å². The maximum atomic E-state index is 11.7. The molecule has 2 unspecified atom stereocenters. The average Bonchev–Trinajstić information content (AvgIpc) is 2.93. The molecule has 1 saturated carbocycles. The minimum absolute atomic E-state index is 0.230. The third-order valence-corrected chi connectivity index (χ3v) is 2.84. The molecule has 2 rings (SSSR count). The molecule has 1 aromatic heterocycles. The van der Waals surface area contributed by atoms with Crippen molar-refractivity contribution in [2.45, 2.75) is 26.3 Å². The molecule has 0 saturated heterocycles. The van der Waals surface area contributed by atoms with Crippen LogP contribution in [0.25, 0.3) is 0 Å². The van der Waals surface area contributed by atoms with Gasteiger partial charge in [-0.1, -0.05) is 0 Å². The molecular formula is C11H15N3O3. The van der Waals surface area contributed by atoms with Crippen LogP contribution in [0.5, 0.6) is 0 Å². The van der Waals surface area contributed by atoms with Gasteiger partial charge in [-0.3, -0.25) is 14.3 Å². The summed E-state index contributed by atoms with van der Waals surface area (Å²) in [5.74, 6) is -2.05. The van der Waals surface area contributed by atoms with Crippen molar-refractivity contribution in [3.63, 3.8) is 0 Å². The van der Waals surface area contributed by atoms with Gasteiger partial charge < -0.3 is 10.4 Å². The fourth-order valence-corrected chi connectivity index (χ4v) is 1.68. The van der Waals surface area contributed by atoms with Crippen molar-refractivity contribution in [3.8, 4) is 0 Å². The SMILES string of the molecule is CC(C)n1cc(NC(=O)C2CC2C(=O)O)cn1. The lowest BCUT2D eigenvalue weighted by atomic mass is 10.3. The van der Waals surface area contributed by atoms with Crippen molar-refractivity contribution in [2.75, 3.05) is 5.32 Å². The molecule has 1 fully saturated rings. The summed E-state index contributed by atoms with van der Waals surface area (Å²) in [4.78, 5) is 22.3. The lowest BCUT2D eigenvalue weighted by Gasteiger charge is -2.03. The van der Waals surface area contributed by atoms with Crippen molar-refractivity contribution >= 4 is 17.6 Å². The van der Waals surface area contributed by atoms with Crippen molar-refractivity contribution in [1.29, 1.82) is 0 Å². The summed E-state index contributed by atoms with van der Waals surface area (Å²) in [6.45, 7) is 3.97. The predicted octanol–water partition coefficient (Wildman–Crippen LogP) is 1.12. The van der Waals surface area contributed by atoms with E-state index in [9.17, 15) is 9.59 Å². The molecule has 0 radical (unpaired) electrons. The van der Waals surface area contributed by atoms with Gasteiger partial charge in [0.05, 0.1) is 23.7 Å². The van der Waals surface area contributed by atoms with E-state index in [1.807, 2.05) is 13.8 Å². The van der Waals surface area contributed by atoms with Crippen molar-refractivity contribution < 1.29 is 14.7 Å². The molecule has 1 heterocycles. The van der Waals surface area contributed by atoms with E-state index in [1.165, 1.54) is 0 Å². The molecule has 2 N–H and O–H groups in total. The van der Waals surface area contributed by atoms with Crippen LogP contribution in [0.3, 0.4) is 0 Å². The highest BCUT2D eigenvalue weighted by molar-refractivity contribution is 5.98. The van der Waals surface area contributed by atoms with E-state index in [1.54, 1.807) is 17.1 Å². The van der Waals surface area contributed by atoms with E-state index < -0.39 is 17.8 Å². The third kappa shape index (κ3) is 2.46. The quantitative estimate of drug-likeness (QED) is 0.822. The van der Waals surface area contributed by atoms with E-state index in [-0.39, 0.29) is 11.9 Å². The second-order valence-electron chi connectivity index (χ2n) is 4.58. The number of amides is 1. The van der Waals surface area contributed by atoms with Gasteiger partial charge in [0.2, 0.25) is 5.91 Å². The Morgan fingerprint density at radius 1 is 1.53 bits per heavy atom. The molecule has 0 bridgehead atoms. The predicted molar refractivity (Wildman–Crippen MR) is 60.5 cm³/mol. The monoisotopic (exact) mass is 237 g/mol. The van der Waals surface area contributed by atoms with Crippen LogP contribution in [-0.4, -0.2) is 26.8 Å². The number of carboxylic acid groups (broad SMARTS) is 1. The normalized spacial score (nSPS) is 22.5. The Bertz CT molecular complexity index is 453. The molecule has 0 aromatic carbocycles. The van der Waals surface area contributed by atoms with E-state index in [0.29, 0.717) is 12.1 Å². The van der Waals surface area contributed by atoms with Crippen LogP contribution in [0.4, 0.5) is 5.69 Å². The zero-order valence-electron chi connectivity index (χ0n) is 9.75. The number of carbonyl (C=O) groups is 2. The fourth-order valence-electron chi connectivity index (χ4n) is 1.68. The van der Waals surface area contributed by atoms with Crippen LogP contribution in [0.1, 0.15) is 26.3 Å². The smallest absolute Gasteiger partial charge is 0.307 e. The molecule has 1 aromatic rings. The summed E-state index contributed by atoms with van der Waals surface area (Å²) in [6, 6.07) is 0.230. The first kappa shape index (κ1) is 11.6. The number of anilines is 1. The Kier molecular flexibility index (Phi) is 2.87. The standard InChI is InChI=1S/C11H15N3O3/c1-6(2)14-5-7(4-12-14)13-10(15)8-3-9(8)11(16)17/h4-6,8-9H,3H2,1-2H3,(H,13,15)(H,16,17). The summed E-state index contributed by atoms with van der Waals surface area (Å²) >= 11 is 0. The Balaban J connectivity index is 1.93. The number of hydrogen-bond donors (Lipinski definition) is 2. The Hall–Kier alpha value is -1.85. The highest BCUT2D eigenvalue weighted by Gasteiger charge is 2.48. The fraction of sp³-hybridized carbons (Fsp3) is 0.545. The van der Waals surface area contributed by atoms with Crippen molar-refractivity contribution in [2.24, 2.45) is 11.8 Å². The van der Waals surface area contributed by atoms with Gasteiger partial charge >= 0.3 is 5.97 Å². The molecule has 6 heteroatoms. The summed E-state index contributed by atoms with van der Waals surface area (Å²) in [5, 5.41) is 15.5. The topological polar surface area (TPSA) is 84.2 Å². The average molecular weight is 237 g/mol. The summed E-state index contributed by atoms with van der Waals surface area (Å²) in [5.41, 5.74) is 0.611. The van der Waals surface area contributed by atoms with Gasteiger partial charge in [0, 0.05) is 12.2 Å². The minimum Gasteiger partial charge on any atom is -0.481 e. The highest BCUT2D eigenvalue weighted by Crippen LogP contribution is 2.39. The van der Waals surface area contributed by atoms with Crippen LogP contribution in [-0.2, 0) is 9.59 Å². The van der Waals surface area contributed by atoms with Crippen LogP contribution in [0, 0.1) is 11.8 Å². The molecule has 0 aliphatic heterocycles. The lowest BCUT2D eigenvalue weighted by Crippen LogP contribution is -2.16.